The Balaban J connectivity index is 2.37. The number of carboxylic acids is 1. The highest BCUT2D eigenvalue weighted by atomic mass is 19.1. The van der Waals surface area contributed by atoms with Crippen molar-refractivity contribution in [3.63, 3.8) is 0 Å². The number of nitrogens with zero attached hydrogens (tertiary/aromatic N) is 1. The zero-order valence-electron chi connectivity index (χ0n) is 8.63. The van der Waals surface area contributed by atoms with Crippen molar-refractivity contribution in [1.82, 2.24) is 4.57 Å². The molecule has 86 valence electrons. The summed E-state index contributed by atoms with van der Waals surface area (Å²) in [6.45, 7) is 0. The van der Waals surface area contributed by atoms with Gasteiger partial charge in [0.15, 0.2) is 0 Å². The minimum absolute atomic E-state index is 0.0188. The first-order valence-electron chi connectivity index (χ1n) is 4.80. The minimum Gasteiger partial charge on any atom is -0.478 e. The Morgan fingerprint density at radius 3 is 2.47 bits per heavy atom. The molecule has 2 aromatic rings. The van der Waals surface area contributed by atoms with Gasteiger partial charge >= 0.3 is 5.97 Å². The fraction of sp³-hybridized carbons (Fsp3) is 0. The van der Waals surface area contributed by atoms with Crippen LogP contribution >= 0.6 is 0 Å². The molecule has 0 saturated carbocycles. The Labute approximate surface area is 95.9 Å². The van der Waals surface area contributed by atoms with E-state index in [1.54, 1.807) is 0 Å². The average Bonchev–Trinajstić information content (AvgIpc) is 2.78. The molecule has 2 rings (SSSR count). The molecule has 0 amide bonds. The van der Waals surface area contributed by atoms with Gasteiger partial charge in [-0.15, -0.1) is 0 Å². The highest BCUT2D eigenvalue weighted by molar-refractivity contribution is 5.97. The molecular formula is C12H8FNO3. The normalized spacial score (nSPS) is 10.2. The van der Waals surface area contributed by atoms with Crippen molar-refractivity contribution in [2.24, 2.45) is 0 Å². The summed E-state index contributed by atoms with van der Waals surface area (Å²) in [6.07, 6.45) is 2.44. The number of hydrogen-bond acceptors (Lipinski definition) is 2. The van der Waals surface area contributed by atoms with E-state index in [9.17, 15) is 14.0 Å². The fourth-order valence-electron chi connectivity index (χ4n) is 1.42. The van der Waals surface area contributed by atoms with Crippen LogP contribution in [0.4, 0.5) is 4.39 Å². The second kappa shape index (κ2) is 4.21. The Kier molecular flexibility index (Phi) is 2.74. The molecular weight excluding hydrogens is 225 g/mol. The van der Waals surface area contributed by atoms with Gasteiger partial charge in [-0.05, 0) is 18.2 Å². The number of benzene rings is 1. The summed E-state index contributed by atoms with van der Waals surface area (Å²) in [4.78, 5) is 22.5. The molecule has 5 heteroatoms. The third kappa shape index (κ3) is 2.08. The van der Waals surface area contributed by atoms with Crippen LogP contribution in [0, 0.1) is 5.82 Å². The summed E-state index contributed by atoms with van der Waals surface area (Å²) < 4.78 is 14.4. The highest BCUT2D eigenvalue weighted by Gasteiger charge is 2.14. The quantitative estimate of drug-likeness (QED) is 0.863. The van der Waals surface area contributed by atoms with Crippen LogP contribution in [0.1, 0.15) is 20.7 Å². The van der Waals surface area contributed by atoms with E-state index in [4.69, 9.17) is 5.11 Å². The summed E-state index contributed by atoms with van der Waals surface area (Å²) in [5.41, 5.74) is -0.116. The SMILES string of the molecule is O=C(O)c1ccn(C(=O)c2ccccc2F)c1. The first-order valence-corrected chi connectivity index (χ1v) is 4.80. The number of carbonyl (C=O) groups is 2. The van der Waals surface area contributed by atoms with E-state index in [2.05, 4.69) is 0 Å². The molecule has 0 saturated heterocycles. The van der Waals surface area contributed by atoms with Crippen molar-refractivity contribution in [2.45, 2.75) is 0 Å². The molecule has 1 heterocycles. The van der Waals surface area contributed by atoms with Crippen molar-refractivity contribution >= 4 is 11.9 Å². The third-order valence-electron chi connectivity index (χ3n) is 2.28. The van der Waals surface area contributed by atoms with Crippen molar-refractivity contribution in [3.05, 3.63) is 59.7 Å². The summed E-state index contributed by atoms with van der Waals surface area (Å²) in [7, 11) is 0. The Morgan fingerprint density at radius 1 is 1.18 bits per heavy atom. The van der Waals surface area contributed by atoms with E-state index in [-0.39, 0.29) is 11.1 Å². The lowest BCUT2D eigenvalue weighted by molar-refractivity contribution is 0.0697. The van der Waals surface area contributed by atoms with E-state index in [0.717, 1.165) is 10.8 Å². The number of aromatic nitrogens is 1. The Morgan fingerprint density at radius 2 is 1.88 bits per heavy atom. The molecule has 0 bridgehead atoms. The first kappa shape index (κ1) is 11.1. The van der Waals surface area contributed by atoms with Gasteiger partial charge < -0.3 is 5.11 Å². The summed E-state index contributed by atoms with van der Waals surface area (Å²) in [5, 5.41) is 8.71. The van der Waals surface area contributed by atoms with Gasteiger partial charge in [0.05, 0.1) is 11.1 Å². The average molecular weight is 233 g/mol. The lowest BCUT2D eigenvalue weighted by Gasteiger charge is -2.02. The second-order valence-corrected chi connectivity index (χ2v) is 3.40. The molecule has 0 aliphatic carbocycles. The molecule has 0 aliphatic rings. The highest BCUT2D eigenvalue weighted by Crippen LogP contribution is 2.10. The van der Waals surface area contributed by atoms with Gasteiger partial charge in [0, 0.05) is 12.4 Å². The van der Waals surface area contributed by atoms with Crippen LogP contribution in [-0.2, 0) is 0 Å². The molecule has 1 aromatic heterocycles. The van der Waals surface area contributed by atoms with Gasteiger partial charge in [-0.2, -0.15) is 0 Å². The van der Waals surface area contributed by atoms with E-state index >= 15 is 0 Å². The van der Waals surface area contributed by atoms with Crippen molar-refractivity contribution < 1.29 is 19.1 Å². The second-order valence-electron chi connectivity index (χ2n) is 3.40. The molecule has 0 radical (unpaired) electrons. The monoisotopic (exact) mass is 233 g/mol. The van der Waals surface area contributed by atoms with Crippen LogP contribution in [0.5, 0.6) is 0 Å². The molecule has 0 spiro atoms. The summed E-state index contributed by atoms with van der Waals surface area (Å²) >= 11 is 0. The summed E-state index contributed by atoms with van der Waals surface area (Å²) in [5.74, 6) is -2.37. The maximum Gasteiger partial charge on any atom is 0.337 e. The van der Waals surface area contributed by atoms with Gasteiger partial charge in [-0.1, -0.05) is 12.1 Å². The number of hydrogen-bond donors (Lipinski definition) is 1. The molecule has 0 atom stereocenters. The lowest BCUT2D eigenvalue weighted by Crippen LogP contribution is -2.11. The number of carbonyl (C=O) groups excluding carboxylic acids is 1. The minimum atomic E-state index is -1.13. The molecule has 0 unspecified atom stereocenters. The smallest absolute Gasteiger partial charge is 0.337 e. The molecule has 1 aromatic carbocycles. The van der Waals surface area contributed by atoms with E-state index < -0.39 is 17.7 Å². The maximum absolute atomic E-state index is 13.3. The zero-order chi connectivity index (χ0) is 12.4. The predicted octanol–water partition coefficient (Wildman–Crippen LogP) is 2.01. The Hall–Kier alpha value is -2.43. The van der Waals surface area contributed by atoms with Crippen LogP contribution in [-0.4, -0.2) is 21.6 Å². The van der Waals surface area contributed by atoms with Crippen LogP contribution < -0.4 is 0 Å². The van der Waals surface area contributed by atoms with Crippen molar-refractivity contribution in [1.29, 1.82) is 0 Å². The standard InChI is InChI=1S/C12H8FNO3/c13-10-4-2-1-3-9(10)11(15)14-6-5-8(7-14)12(16)17/h1-7H,(H,16,17). The van der Waals surface area contributed by atoms with Gasteiger partial charge in [0.2, 0.25) is 0 Å². The molecule has 0 fully saturated rings. The van der Waals surface area contributed by atoms with E-state index in [0.29, 0.717) is 0 Å². The number of carboxylic acid groups (broad SMARTS) is 1. The van der Waals surface area contributed by atoms with Crippen LogP contribution in [0.15, 0.2) is 42.7 Å². The van der Waals surface area contributed by atoms with E-state index in [1.807, 2.05) is 0 Å². The third-order valence-corrected chi connectivity index (χ3v) is 2.28. The first-order chi connectivity index (χ1) is 8.09. The van der Waals surface area contributed by atoms with Crippen molar-refractivity contribution in [2.75, 3.05) is 0 Å². The van der Waals surface area contributed by atoms with Crippen molar-refractivity contribution in [3.8, 4) is 0 Å². The maximum atomic E-state index is 13.3. The molecule has 1 N–H and O–H groups in total. The predicted molar refractivity (Wildman–Crippen MR) is 57.5 cm³/mol. The van der Waals surface area contributed by atoms with Gasteiger partial charge in [-0.3, -0.25) is 9.36 Å². The van der Waals surface area contributed by atoms with Crippen LogP contribution in [0.25, 0.3) is 0 Å². The molecule has 4 nitrogen and oxygen atoms in total. The van der Waals surface area contributed by atoms with Gasteiger partial charge in [0.1, 0.15) is 5.82 Å². The molecule has 17 heavy (non-hydrogen) atoms. The van der Waals surface area contributed by atoms with Gasteiger partial charge in [0.25, 0.3) is 5.91 Å². The largest absolute Gasteiger partial charge is 0.478 e. The van der Waals surface area contributed by atoms with Crippen LogP contribution in [0.2, 0.25) is 0 Å². The van der Waals surface area contributed by atoms with Gasteiger partial charge in [-0.25, -0.2) is 9.18 Å². The number of halogens is 1. The lowest BCUT2D eigenvalue weighted by atomic mass is 10.2. The number of rotatable bonds is 2. The molecule has 0 aliphatic heterocycles. The fourth-order valence-corrected chi connectivity index (χ4v) is 1.42. The van der Waals surface area contributed by atoms with Crippen LogP contribution in [0.3, 0.4) is 0 Å². The topological polar surface area (TPSA) is 59.3 Å². The zero-order valence-corrected chi connectivity index (χ0v) is 8.63. The van der Waals surface area contributed by atoms with E-state index in [1.165, 1.54) is 36.5 Å². The number of aromatic carboxylic acids is 1. The summed E-state index contributed by atoms with van der Waals surface area (Å²) in [6, 6.07) is 6.82. The Bertz CT molecular complexity index is 589.